The number of aromatic nitrogens is 1. The van der Waals surface area contributed by atoms with Gasteiger partial charge in [-0.15, -0.1) is 11.3 Å². The third-order valence-electron chi connectivity index (χ3n) is 2.08. The summed E-state index contributed by atoms with van der Waals surface area (Å²) in [7, 11) is 0. The lowest BCUT2D eigenvalue weighted by Gasteiger charge is -2.02. The Kier molecular flexibility index (Phi) is 4.22. The molecular weight excluding hydrogens is 305 g/mol. The minimum atomic E-state index is 0.355. The van der Waals surface area contributed by atoms with E-state index in [1.165, 1.54) is 29.7 Å². The molecule has 96 valence electrons. The Bertz CT molecular complexity index is 651. The Morgan fingerprint density at radius 2 is 2.11 bits per heavy atom. The number of hydrogen-bond acceptors (Lipinski definition) is 6. The summed E-state index contributed by atoms with van der Waals surface area (Å²) in [5.41, 5.74) is 9.11. The summed E-state index contributed by atoms with van der Waals surface area (Å²) in [5, 5.41) is 15.7. The van der Waals surface area contributed by atoms with Crippen molar-refractivity contribution in [2.24, 2.45) is 5.10 Å². The van der Waals surface area contributed by atoms with Gasteiger partial charge in [-0.3, -0.25) is 5.43 Å². The number of halogens is 2. The van der Waals surface area contributed by atoms with Crippen LogP contribution in [0.3, 0.4) is 0 Å². The fourth-order valence-corrected chi connectivity index (χ4v) is 2.39. The molecule has 0 atom stereocenters. The molecule has 1 heterocycles. The molecule has 0 aliphatic carbocycles. The Balaban J connectivity index is 2.17. The standard InChI is InChI=1S/C11H7Cl2N5S/c12-8-1-6(3-14)2-9(13)7(8)4-16-18-11-17-10(15)5-19-11/h1-2,4-5H,15H2,(H,17,18). The van der Waals surface area contributed by atoms with Crippen molar-refractivity contribution in [3.8, 4) is 6.07 Å². The zero-order valence-electron chi connectivity index (χ0n) is 9.39. The molecule has 0 saturated heterocycles. The molecule has 0 saturated carbocycles. The van der Waals surface area contributed by atoms with E-state index in [1.807, 2.05) is 6.07 Å². The molecule has 1 aromatic heterocycles. The number of nitrogens with zero attached hydrogens (tertiary/aromatic N) is 3. The number of nitrogens with two attached hydrogens (primary N) is 1. The quantitative estimate of drug-likeness (QED) is 0.672. The van der Waals surface area contributed by atoms with Crippen molar-refractivity contribution in [3.63, 3.8) is 0 Å². The summed E-state index contributed by atoms with van der Waals surface area (Å²) in [6, 6.07) is 5.02. The van der Waals surface area contributed by atoms with Gasteiger partial charge in [-0.25, -0.2) is 4.98 Å². The molecule has 0 unspecified atom stereocenters. The molecule has 0 aliphatic heterocycles. The predicted octanol–water partition coefficient (Wildman–Crippen LogP) is 3.35. The second-order valence-electron chi connectivity index (χ2n) is 3.41. The van der Waals surface area contributed by atoms with Crippen LogP contribution in [-0.2, 0) is 0 Å². The van der Waals surface area contributed by atoms with E-state index >= 15 is 0 Å². The summed E-state index contributed by atoms with van der Waals surface area (Å²) in [4.78, 5) is 3.98. The van der Waals surface area contributed by atoms with Crippen LogP contribution in [0, 0.1) is 11.3 Å². The number of nitriles is 1. The van der Waals surface area contributed by atoms with Gasteiger partial charge in [0.05, 0.1) is 27.9 Å². The molecule has 0 spiro atoms. The van der Waals surface area contributed by atoms with Gasteiger partial charge in [0.2, 0.25) is 5.13 Å². The average molecular weight is 312 g/mol. The highest BCUT2D eigenvalue weighted by Gasteiger charge is 2.06. The van der Waals surface area contributed by atoms with Gasteiger partial charge in [0, 0.05) is 10.9 Å². The number of hydrazone groups is 1. The van der Waals surface area contributed by atoms with E-state index in [2.05, 4.69) is 15.5 Å². The van der Waals surface area contributed by atoms with Crippen molar-refractivity contribution in [2.45, 2.75) is 0 Å². The lowest BCUT2D eigenvalue weighted by molar-refractivity contribution is 1.29. The van der Waals surface area contributed by atoms with Crippen molar-refractivity contribution in [2.75, 3.05) is 11.2 Å². The first-order chi connectivity index (χ1) is 9.10. The van der Waals surface area contributed by atoms with Crippen LogP contribution in [0.5, 0.6) is 0 Å². The van der Waals surface area contributed by atoms with Crippen molar-refractivity contribution >= 4 is 51.7 Å². The number of nitrogens with one attached hydrogen (secondary N) is 1. The number of thiazole rings is 1. The highest BCUT2D eigenvalue weighted by Crippen LogP contribution is 2.25. The molecule has 0 fully saturated rings. The molecular formula is C11H7Cl2N5S. The van der Waals surface area contributed by atoms with E-state index in [-0.39, 0.29) is 0 Å². The van der Waals surface area contributed by atoms with E-state index < -0.39 is 0 Å². The summed E-state index contributed by atoms with van der Waals surface area (Å²) in [6.45, 7) is 0. The van der Waals surface area contributed by atoms with Crippen LogP contribution in [0.25, 0.3) is 0 Å². The Morgan fingerprint density at radius 1 is 1.42 bits per heavy atom. The van der Waals surface area contributed by atoms with Crippen molar-refractivity contribution in [1.29, 1.82) is 5.26 Å². The Labute approximate surface area is 123 Å². The molecule has 2 rings (SSSR count). The second kappa shape index (κ2) is 5.89. The summed E-state index contributed by atoms with van der Waals surface area (Å²) < 4.78 is 0. The molecule has 8 heteroatoms. The smallest absolute Gasteiger partial charge is 0.205 e. The molecule has 0 amide bonds. The topological polar surface area (TPSA) is 87.1 Å². The van der Waals surface area contributed by atoms with Gasteiger partial charge in [0.25, 0.3) is 0 Å². The van der Waals surface area contributed by atoms with E-state index in [9.17, 15) is 0 Å². The summed E-state index contributed by atoms with van der Waals surface area (Å²) in [6.07, 6.45) is 1.46. The molecule has 2 aromatic rings. The first-order valence-electron chi connectivity index (χ1n) is 4.99. The van der Waals surface area contributed by atoms with Crippen LogP contribution in [0.4, 0.5) is 10.9 Å². The van der Waals surface area contributed by atoms with Crippen LogP contribution >= 0.6 is 34.5 Å². The maximum absolute atomic E-state index is 8.77. The average Bonchev–Trinajstić information content (AvgIpc) is 2.78. The zero-order chi connectivity index (χ0) is 13.8. The highest BCUT2D eigenvalue weighted by molar-refractivity contribution is 7.14. The minimum Gasteiger partial charge on any atom is -0.383 e. The largest absolute Gasteiger partial charge is 0.383 e. The Morgan fingerprint density at radius 3 is 2.63 bits per heavy atom. The molecule has 5 nitrogen and oxygen atoms in total. The van der Waals surface area contributed by atoms with Gasteiger partial charge in [-0.05, 0) is 12.1 Å². The summed E-state index contributed by atoms with van der Waals surface area (Å²) >= 11 is 13.4. The summed E-state index contributed by atoms with van der Waals surface area (Å²) in [5.74, 6) is 0.428. The number of benzene rings is 1. The molecule has 0 radical (unpaired) electrons. The van der Waals surface area contributed by atoms with Gasteiger partial charge in [-0.2, -0.15) is 10.4 Å². The first kappa shape index (κ1) is 13.6. The second-order valence-corrected chi connectivity index (χ2v) is 5.09. The molecule has 1 aromatic carbocycles. The van der Waals surface area contributed by atoms with Crippen LogP contribution < -0.4 is 11.2 Å². The number of anilines is 2. The third-order valence-corrected chi connectivity index (χ3v) is 3.47. The van der Waals surface area contributed by atoms with E-state index in [4.69, 9.17) is 34.2 Å². The van der Waals surface area contributed by atoms with Crippen LogP contribution in [-0.4, -0.2) is 11.2 Å². The van der Waals surface area contributed by atoms with Crippen molar-refractivity contribution in [1.82, 2.24) is 4.98 Å². The van der Waals surface area contributed by atoms with Crippen molar-refractivity contribution < 1.29 is 0 Å². The predicted molar refractivity (Wildman–Crippen MR) is 78.9 cm³/mol. The first-order valence-corrected chi connectivity index (χ1v) is 6.63. The number of rotatable bonds is 3. The van der Waals surface area contributed by atoms with Crippen LogP contribution in [0.1, 0.15) is 11.1 Å². The fourth-order valence-electron chi connectivity index (χ4n) is 1.26. The maximum Gasteiger partial charge on any atom is 0.205 e. The molecule has 0 bridgehead atoms. The SMILES string of the molecule is N#Cc1cc(Cl)c(C=NNc2nc(N)cs2)c(Cl)c1. The highest BCUT2D eigenvalue weighted by atomic mass is 35.5. The van der Waals surface area contributed by atoms with Gasteiger partial charge in [-0.1, -0.05) is 23.2 Å². The third kappa shape index (κ3) is 3.35. The zero-order valence-corrected chi connectivity index (χ0v) is 11.7. The molecule has 0 aliphatic rings. The number of hydrogen-bond donors (Lipinski definition) is 2. The fraction of sp³-hybridized carbons (Fsp3) is 0. The monoisotopic (exact) mass is 311 g/mol. The lowest BCUT2D eigenvalue weighted by Crippen LogP contribution is -1.93. The van der Waals surface area contributed by atoms with Crippen molar-refractivity contribution in [3.05, 3.63) is 38.7 Å². The normalized spacial score (nSPS) is 10.6. The van der Waals surface area contributed by atoms with Crippen LogP contribution in [0.2, 0.25) is 10.0 Å². The van der Waals surface area contributed by atoms with E-state index in [0.717, 1.165) is 0 Å². The lowest BCUT2D eigenvalue weighted by atomic mass is 10.1. The molecule has 3 N–H and O–H groups in total. The Hall–Kier alpha value is -1.81. The maximum atomic E-state index is 8.77. The molecule has 19 heavy (non-hydrogen) atoms. The van der Waals surface area contributed by atoms with Gasteiger partial charge in [0.1, 0.15) is 5.82 Å². The van der Waals surface area contributed by atoms with E-state index in [0.29, 0.717) is 32.1 Å². The van der Waals surface area contributed by atoms with E-state index in [1.54, 1.807) is 5.38 Å². The van der Waals surface area contributed by atoms with Crippen LogP contribution in [0.15, 0.2) is 22.6 Å². The van der Waals surface area contributed by atoms with Gasteiger partial charge in [0.15, 0.2) is 0 Å². The van der Waals surface area contributed by atoms with Gasteiger partial charge < -0.3 is 5.73 Å². The van der Waals surface area contributed by atoms with Gasteiger partial charge >= 0.3 is 0 Å². The minimum absolute atomic E-state index is 0.355. The number of nitrogen functional groups attached to an aromatic ring is 1.